The molecule has 0 aromatic heterocycles. The van der Waals surface area contributed by atoms with Crippen LogP contribution in [-0.2, 0) is 9.53 Å². The van der Waals surface area contributed by atoms with Crippen LogP contribution < -0.4 is 9.64 Å². The fourth-order valence-electron chi connectivity index (χ4n) is 2.74. The Morgan fingerprint density at radius 3 is 2.10 bits per heavy atom. The third kappa shape index (κ3) is 5.97. The molecule has 0 aliphatic heterocycles. The quantitative estimate of drug-likeness (QED) is 0.564. The van der Waals surface area contributed by atoms with Gasteiger partial charge in [-0.2, -0.15) is 0 Å². The Hall–Kier alpha value is -4.06. The highest BCUT2D eigenvalue weighted by molar-refractivity contribution is 5.95. The topological polar surface area (TPSA) is 76.1 Å². The lowest BCUT2D eigenvalue weighted by Crippen LogP contribution is -2.26. The van der Waals surface area contributed by atoms with Crippen LogP contribution in [0.4, 0.5) is 16.2 Å². The largest absolute Gasteiger partial charge is 0.482 e. The van der Waals surface area contributed by atoms with E-state index in [2.05, 4.69) is 0 Å². The van der Waals surface area contributed by atoms with Crippen LogP contribution in [0.25, 0.3) is 6.08 Å². The van der Waals surface area contributed by atoms with Crippen LogP contribution in [0.3, 0.4) is 0 Å². The Bertz CT molecular complexity index is 963. The number of hydrogen-bond donors (Lipinski definition) is 1. The number of rotatable bonds is 8. The average molecular weight is 403 g/mol. The van der Waals surface area contributed by atoms with Crippen molar-refractivity contribution in [2.24, 2.45) is 0 Å². The summed E-state index contributed by atoms with van der Waals surface area (Å²) in [7, 11) is 0. The van der Waals surface area contributed by atoms with Gasteiger partial charge in [0.2, 0.25) is 0 Å². The number of nitrogens with zero attached hydrogens (tertiary/aromatic N) is 1. The standard InChI is InChI=1S/C24H21NO5/c26-23(27)18-30-22-15-7-9-19(17-22)10-8-16-29-24(28)25(20-11-3-1-4-12-20)21-13-5-2-6-14-21/h1-15,17H,16,18H2,(H,26,27)/b10-8+. The third-order valence-electron chi connectivity index (χ3n) is 4.05. The first-order valence-electron chi connectivity index (χ1n) is 9.31. The van der Waals surface area contributed by atoms with E-state index in [1.165, 1.54) is 4.90 Å². The van der Waals surface area contributed by atoms with Crippen LogP contribution in [0.15, 0.2) is 91.0 Å². The number of amides is 1. The molecule has 6 nitrogen and oxygen atoms in total. The number of anilines is 2. The second-order valence-corrected chi connectivity index (χ2v) is 6.24. The van der Waals surface area contributed by atoms with Crippen LogP contribution >= 0.6 is 0 Å². The van der Waals surface area contributed by atoms with E-state index in [1.807, 2.05) is 66.7 Å². The monoisotopic (exact) mass is 403 g/mol. The van der Waals surface area contributed by atoms with Gasteiger partial charge in [0.25, 0.3) is 0 Å². The second kappa shape index (κ2) is 10.5. The van der Waals surface area contributed by atoms with E-state index in [1.54, 1.807) is 30.4 Å². The zero-order chi connectivity index (χ0) is 21.2. The number of carboxylic acid groups (broad SMARTS) is 1. The van der Waals surface area contributed by atoms with E-state index < -0.39 is 18.7 Å². The molecule has 0 aliphatic carbocycles. The molecule has 0 aliphatic rings. The van der Waals surface area contributed by atoms with Crippen molar-refractivity contribution >= 4 is 29.5 Å². The summed E-state index contributed by atoms with van der Waals surface area (Å²) in [5, 5.41) is 8.69. The van der Waals surface area contributed by atoms with Gasteiger partial charge in [-0.15, -0.1) is 0 Å². The van der Waals surface area contributed by atoms with Gasteiger partial charge < -0.3 is 14.6 Å². The molecular weight excluding hydrogens is 382 g/mol. The maximum atomic E-state index is 12.8. The summed E-state index contributed by atoms with van der Waals surface area (Å²) in [6.45, 7) is -0.325. The molecule has 0 spiro atoms. The van der Waals surface area contributed by atoms with Crippen molar-refractivity contribution in [1.29, 1.82) is 0 Å². The van der Waals surface area contributed by atoms with Crippen molar-refractivity contribution in [1.82, 2.24) is 0 Å². The molecule has 0 heterocycles. The normalized spacial score (nSPS) is 10.5. The van der Waals surface area contributed by atoms with Gasteiger partial charge in [0, 0.05) is 0 Å². The van der Waals surface area contributed by atoms with E-state index in [4.69, 9.17) is 14.6 Å². The summed E-state index contributed by atoms with van der Waals surface area (Å²) in [5.41, 5.74) is 2.22. The zero-order valence-corrected chi connectivity index (χ0v) is 16.2. The highest BCUT2D eigenvalue weighted by Gasteiger charge is 2.18. The van der Waals surface area contributed by atoms with Crippen molar-refractivity contribution in [3.63, 3.8) is 0 Å². The van der Waals surface area contributed by atoms with Gasteiger partial charge >= 0.3 is 12.1 Å². The summed E-state index contributed by atoms with van der Waals surface area (Å²) >= 11 is 0. The predicted octanol–water partition coefficient (Wildman–Crippen LogP) is 5.14. The van der Waals surface area contributed by atoms with Crippen LogP contribution in [0, 0.1) is 0 Å². The highest BCUT2D eigenvalue weighted by atomic mass is 16.6. The number of benzene rings is 3. The van der Waals surface area contributed by atoms with Crippen LogP contribution in [0.5, 0.6) is 5.75 Å². The van der Waals surface area contributed by atoms with E-state index in [0.29, 0.717) is 17.1 Å². The lowest BCUT2D eigenvalue weighted by Gasteiger charge is -2.22. The first kappa shape index (κ1) is 20.7. The fourth-order valence-corrected chi connectivity index (χ4v) is 2.74. The van der Waals surface area contributed by atoms with Crippen LogP contribution in [0.1, 0.15) is 5.56 Å². The molecule has 30 heavy (non-hydrogen) atoms. The number of para-hydroxylation sites is 2. The zero-order valence-electron chi connectivity index (χ0n) is 16.2. The van der Waals surface area contributed by atoms with Gasteiger partial charge in [0.1, 0.15) is 12.4 Å². The van der Waals surface area contributed by atoms with E-state index >= 15 is 0 Å². The van der Waals surface area contributed by atoms with Crippen molar-refractivity contribution < 1.29 is 24.2 Å². The number of aliphatic carboxylic acids is 1. The van der Waals surface area contributed by atoms with E-state index in [9.17, 15) is 9.59 Å². The molecule has 3 aromatic carbocycles. The summed E-state index contributed by atoms with van der Waals surface area (Å²) in [6, 6.07) is 25.6. The Morgan fingerprint density at radius 2 is 1.50 bits per heavy atom. The van der Waals surface area contributed by atoms with E-state index in [-0.39, 0.29) is 6.61 Å². The summed E-state index contributed by atoms with van der Waals surface area (Å²) < 4.78 is 10.6. The molecule has 0 unspecified atom stereocenters. The number of hydrogen-bond acceptors (Lipinski definition) is 4. The minimum atomic E-state index is -1.04. The molecule has 152 valence electrons. The van der Waals surface area contributed by atoms with Crippen molar-refractivity contribution in [3.05, 3.63) is 96.6 Å². The molecule has 1 amide bonds. The Balaban J connectivity index is 1.63. The first-order valence-corrected chi connectivity index (χ1v) is 9.31. The average Bonchev–Trinajstić information content (AvgIpc) is 2.77. The lowest BCUT2D eigenvalue weighted by atomic mass is 10.2. The summed E-state index contributed by atoms with van der Waals surface area (Å²) in [6.07, 6.45) is 2.99. The molecular formula is C24H21NO5. The number of carbonyl (C=O) groups is 2. The van der Waals surface area contributed by atoms with Gasteiger partial charge in [-0.25, -0.2) is 14.5 Å². The van der Waals surface area contributed by atoms with Gasteiger partial charge in [-0.3, -0.25) is 0 Å². The van der Waals surface area contributed by atoms with Gasteiger partial charge in [0.15, 0.2) is 6.61 Å². The molecule has 1 N–H and O–H groups in total. The molecule has 0 fully saturated rings. The fraction of sp³-hybridized carbons (Fsp3) is 0.0833. The van der Waals surface area contributed by atoms with Gasteiger partial charge in [0.05, 0.1) is 11.4 Å². The smallest absolute Gasteiger partial charge is 0.419 e. The Morgan fingerprint density at radius 1 is 0.867 bits per heavy atom. The molecule has 0 atom stereocenters. The van der Waals surface area contributed by atoms with Crippen LogP contribution in [0.2, 0.25) is 0 Å². The second-order valence-electron chi connectivity index (χ2n) is 6.24. The SMILES string of the molecule is O=C(O)COc1cccc(/C=C/COC(=O)N(c2ccccc2)c2ccccc2)c1. The minimum absolute atomic E-state index is 0.0786. The minimum Gasteiger partial charge on any atom is -0.482 e. The number of carbonyl (C=O) groups excluding carboxylic acids is 1. The van der Waals surface area contributed by atoms with Crippen molar-refractivity contribution in [3.8, 4) is 5.75 Å². The summed E-state index contributed by atoms with van der Waals surface area (Å²) in [4.78, 5) is 24.9. The first-order chi connectivity index (χ1) is 14.6. The van der Waals surface area contributed by atoms with Crippen molar-refractivity contribution in [2.45, 2.75) is 0 Å². The van der Waals surface area contributed by atoms with Gasteiger partial charge in [-0.05, 0) is 48.0 Å². The molecule has 3 aromatic rings. The van der Waals surface area contributed by atoms with E-state index in [0.717, 1.165) is 5.56 Å². The molecule has 3 rings (SSSR count). The molecule has 6 heteroatoms. The molecule has 0 saturated carbocycles. The summed E-state index contributed by atoms with van der Waals surface area (Å²) in [5.74, 6) is -0.583. The highest BCUT2D eigenvalue weighted by Crippen LogP contribution is 2.25. The number of carboxylic acids is 1. The van der Waals surface area contributed by atoms with Gasteiger partial charge in [-0.1, -0.05) is 54.6 Å². The maximum Gasteiger partial charge on any atom is 0.419 e. The molecule has 0 bridgehead atoms. The third-order valence-corrected chi connectivity index (χ3v) is 4.05. The Labute approximate surface area is 174 Å². The lowest BCUT2D eigenvalue weighted by molar-refractivity contribution is -0.139. The van der Waals surface area contributed by atoms with Crippen molar-refractivity contribution in [2.75, 3.05) is 18.1 Å². The Kier molecular flexibility index (Phi) is 7.22. The number of ether oxygens (including phenoxy) is 2. The molecule has 0 saturated heterocycles. The predicted molar refractivity (Wildman–Crippen MR) is 115 cm³/mol. The van der Waals surface area contributed by atoms with Crippen LogP contribution in [-0.4, -0.2) is 30.4 Å². The maximum absolute atomic E-state index is 12.8. The molecule has 0 radical (unpaired) electrons.